The lowest BCUT2D eigenvalue weighted by molar-refractivity contribution is -0.336. The molecule has 15 N–H and O–H groups in total. The number of hydrogen-bond donors (Lipinski definition) is 11. The van der Waals surface area contributed by atoms with Crippen LogP contribution in [0.2, 0.25) is 0 Å². The fraction of sp³-hybridized carbons (Fsp3) is 1.00. The minimum absolute atomic E-state index is 0.0784. The van der Waals surface area contributed by atoms with Crippen LogP contribution in [-0.4, -0.2) is 141 Å². The van der Waals surface area contributed by atoms with E-state index in [2.05, 4.69) is 0 Å². The van der Waals surface area contributed by atoms with Crippen molar-refractivity contribution in [1.82, 2.24) is 0 Å². The zero-order chi connectivity index (χ0) is 24.6. The second-order valence-corrected chi connectivity index (χ2v) is 8.76. The molecule has 3 rings (SSSR count). The van der Waals surface area contributed by atoms with Crippen molar-refractivity contribution in [2.45, 2.75) is 98.2 Å². The summed E-state index contributed by atoms with van der Waals surface area (Å²) in [4.78, 5) is 0. The van der Waals surface area contributed by atoms with Crippen LogP contribution in [0.3, 0.4) is 0 Å². The molecule has 0 spiro atoms. The standard InChI is InChI=1S/C18H36N4O11/c19-2-6-8(23)10(25)12(27)17(30-6)32-15-4(21)1-5(22)16(14(15)29)33-18-13(28)11(26)9(24)7(3-20)31-18/h4-18,23-29H,1-3,19-22H2/t4-,5+,6-,7+,8-,9+,10+,11-,12-,13+,14?,15+,16-,17-,18+. The maximum absolute atomic E-state index is 10.9. The summed E-state index contributed by atoms with van der Waals surface area (Å²) in [6.07, 6.45) is -18.3. The van der Waals surface area contributed by atoms with Crippen molar-refractivity contribution in [3.63, 3.8) is 0 Å². The minimum Gasteiger partial charge on any atom is -0.388 e. The van der Waals surface area contributed by atoms with Crippen molar-refractivity contribution >= 4 is 0 Å². The fourth-order valence-corrected chi connectivity index (χ4v) is 4.40. The molecular formula is C18H36N4O11. The van der Waals surface area contributed by atoms with E-state index in [1.807, 2.05) is 0 Å². The average molecular weight is 485 g/mol. The normalized spacial score (nSPS) is 53.7. The molecular weight excluding hydrogens is 448 g/mol. The molecule has 33 heavy (non-hydrogen) atoms. The molecule has 0 aromatic rings. The van der Waals surface area contributed by atoms with Gasteiger partial charge in [0, 0.05) is 25.2 Å². The third-order valence-electron chi connectivity index (χ3n) is 6.45. The molecule has 2 aliphatic heterocycles. The monoisotopic (exact) mass is 484 g/mol. The van der Waals surface area contributed by atoms with Gasteiger partial charge >= 0.3 is 0 Å². The van der Waals surface area contributed by atoms with Gasteiger partial charge in [-0.3, -0.25) is 0 Å². The van der Waals surface area contributed by atoms with E-state index in [0.29, 0.717) is 0 Å². The Labute approximate surface area is 189 Å². The fourth-order valence-electron chi connectivity index (χ4n) is 4.40. The van der Waals surface area contributed by atoms with Crippen LogP contribution < -0.4 is 22.9 Å². The minimum atomic E-state index is -1.66. The molecule has 15 heteroatoms. The molecule has 0 aromatic carbocycles. The van der Waals surface area contributed by atoms with E-state index >= 15 is 0 Å². The van der Waals surface area contributed by atoms with Gasteiger partial charge in [0.05, 0.1) is 0 Å². The summed E-state index contributed by atoms with van der Waals surface area (Å²) in [5.74, 6) is 0. The molecule has 2 saturated heterocycles. The molecule has 0 bridgehead atoms. The topological polar surface area (TPSA) is 283 Å². The predicted octanol–water partition coefficient (Wildman–Crippen LogP) is -7.29. The highest BCUT2D eigenvalue weighted by atomic mass is 16.7. The quantitative estimate of drug-likeness (QED) is 0.167. The summed E-state index contributed by atoms with van der Waals surface area (Å²) in [6.45, 7) is -0.345. The molecule has 1 saturated carbocycles. The largest absolute Gasteiger partial charge is 0.388 e. The summed E-state index contributed by atoms with van der Waals surface area (Å²) in [5.41, 5.74) is 23.2. The van der Waals surface area contributed by atoms with Gasteiger partial charge in [0.25, 0.3) is 0 Å². The maximum atomic E-state index is 10.9. The molecule has 0 radical (unpaired) electrons. The lowest BCUT2D eigenvalue weighted by Gasteiger charge is -2.48. The molecule has 0 aromatic heterocycles. The number of aliphatic hydroxyl groups is 7. The lowest BCUT2D eigenvalue weighted by Crippen LogP contribution is -2.68. The van der Waals surface area contributed by atoms with E-state index in [-0.39, 0.29) is 19.5 Å². The SMILES string of the molecule is NC[C@@H]1O[C@@H](O[C@H]2C(O)[C@@H](O[C@H]3O[C@H](CN)[C@@H](O)[C@H](O)[C@H]3O)[C@H](N)C[C@@H]2N)[C@@H](O)[C@H](O)[C@H]1O. The van der Waals surface area contributed by atoms with E-state index < -0.39 is 91.8 Å². The molecule has 0 amide bonds. The van der Waals surface area contributed by atoms with E-state index in [1.54, 1.807) is 0 Å². The van der Waals surface area contributed by atoms with Gasteiger partial charge in [0.1, 0.15) is 67.1 Å². The van der Waals surface area contributed by atoms with Gasteiger partial charge in [0.2, 0.25) is 0 Å². The Morgan fingerprint density at radius 1 is 0.576 bits per heavy atom. The summed E-state index contributed by atoms with van der Waals surface area (Å²) in [7, 11) is 0. The summed E-state index contributed by atoms with van der Waals surface area (Å²) < 4.78 is 22.2. The number of ether oxygens (including phenoxy) is 4. The maximum Gasteiger partial charge on any atom is 0.187 e. The average Bonchev–Trinajstić information content (AvgIpc) is 2.79. The Morgan fingerprint density at radius 2 is 0.939 bits per heavy atom. The van der Waals surface area contributed by atoms with E-state index in [0.717, 1.165) is 0 Å². The molecule has 1 unspecified atom stereocenters. The van der Waals surface area contributed by atoms with Gasteiger partial charge in [-0.1, -0.05) is 0 Å². The molecule has 1 aliphatic carbocycles. The number of rotatable bonds is 6. The van der Waals surface area contributed by atoms with E-state index in [9.17, 15) is 35.7 Å². The summed E-state index contributed by atoms with van der Waals surface area (Å²) >= 11 is 0. The molecule has 15 nitrogen and oxygen atoms in total. The van der Waals surface area contributed by atoms with Crippen molar-refractivity contribution < 1.29 is 54.7 Å². The second-order valence-electron chi connectivity index (χ2n) is 8.76. The molecule has 3 fully saturated rings. The summed E-state index contributed by atoms with van der Waals surface area (Å²) in [6, 6.07) is -1.68. The predicted molar refractivity (Wildman–Crippen MR) is 108 cm³/mol. The number of nitrogens with two attached hydrogens (primary N) is 4. The highest BCUT2D eigenvalue weighted by molar-refractivity contribution is 5.01. The Bertz CT molecular complexity index is 584. The van der Waals surface area contributed by atoms with Crippen LogP contribution in [0.25, 0.3) is 0 Å². The third-order valence-corrected chi connectivity index (χ3v) is 6.45. The van der Waals surface area contributed by atoms with Crippen molar-refractivity contribution in [1.29, 1.82) is 0 Å². The first kappa shape index (κ1) is 27.0. The Kier molecular flexibility index (Phi) is 8.99. The first-order chi connectivity index (χ1) is 15.5. The van der Waals surface area contributed by atoms with Gasteiger partial charge in [-0.15, -0.1) is 0 Å². The van der Waals surface area contributed by atoms with Crippen LogP contribution in [-0.2, 0) is 18.9 Å². The Hall–Kier alpha value is -0.600. The van der Waals surface area contributed by atoms with Gasteiger partial charge in [0.15, 0.2) is 12.6 Å². The van der Waals surface area contributed by atoms with Gasteiger partial charge < -0.3 is 77.6 Å². The first-order valence-corrected chi connectivity index (χ1v) is 10.8. The van der Waals surface area contributed by atoms with Crippen LogP contribution in [0, 0.1) is 0 Å². The Morgan fingerprint density at radius 3 is 1.27 bits per heavy atom. The zero-order valence-corrected chi connectivity index (χ0v) is 17.9. The van der Waals surface area contributed by atoms with Gasteiger partial charge in [-0.2, -0.15) is 0 Å². The number of hydrogen-bond acceptors (Lipinski definition) is 15. The van der Waals surface area contributed by atoms with E-state index in [1.165, 1.54) is 0 Å². The third kappa shape index (κ3) is 5.32. The van der Waals surface area contributed by atoms with Crippen LogP contribution >= 0.6 is 0 Å². The van der Waals surface area contributed by atoms with Crippen LogP contribution in [0.15, 0.2) is 0 Å². The van der Waals surface area contributed by atoms with E-state index in [4.69, 9.17) is 41.9 Å². The van der Waals surface area contributed by atoms with Crippen LogP contribution in [0.4, 0.5) is 0 Å². The van der Waals surface area contributed by atoms with Crippen LogP contribution in [0.1, 0.15) is 6.42 Å². The van der Waals surface area contributed by atoms with Crippen molar-refractivity contribution in [2.24, 2.45) is 22.9 Å². The van der Waals surface area contributed by atoms with Crippen LogP contribution in [0.5, 0.6) is 0 Å². The molecule has 2 heterocycles. The Balaban J connectivity index is 1.72. The van der Waals surface area contributed by atoms with Gasteiger partial charge in [-0.05, 0) is 6.42 Å². The van der Waals surface area contributed by atoms with Crippen molar-refractivity contribution in [2.75, 3.05) is 13.1 Å². The summed E-state index contributed by atoms with van der Waals surface area (Å²) in [5, 5.41) is 71.4. The van der Waals surface area contributed by atoms with Crippen molar-refractivity contribution in [3.05, 3.63) is 0 Å². The number of aliphatic hydroxyl groups excluding tert-OH is 7. The lowest BCUT2D eigenvalue weighted by atomic mass is 9.84. The smallest absolute Gasteiger partial charge is 0.187 e. The zero-order valence-electron chi connectivity index (χ0n) is 17.9. The molecule has 3 aliphatic rings. The second kappa shape index (κ2) is 11.0. The molecule has 15 atom stereocenters. The molecule has 194 valence electrons. The highest BCUT2D eigenvalue weighted by Gasteiger charge is 2.51. The van der Waals surface area contributed by atoms with Gasteiger partial charge in [-0.25, -0.2) is 0 Å². The van der Waals surface area contributed by atoms with Crippen molar-refractivity contribution in [3.8, 4) is 0 Å². The highest BCUT2D eigenvalue weighted by Crippen LogP contribution is 2.31. The first-order valence-electron chi connectivity index (χ1n) is 10.8.